The number of nitrogens with zero attached hydrogens (tertiary/aromatic N) is 1. The molecule has 8 heteroatoms. The molecule has 1 aliphatic heterocycles. The quantitative estimate of drug-likeness (QED) is 0.606. The Morgan fingerprint density at radius 3 is 3.00 bits per heavy atom. The number of carbonyl (C=O) groups excluding carboxylic acids is 3. The zero-order valence-electron chi connectivity index (χ0n) is 14.5. The van der Waals surface area contributed by atoms with Crippen molar-refractivity contribution >= 4 is 29.7 Å². The Labute approximate surface area is 160 Å². The van der Waals surface area contributed by atoms with Crippen LogP contribution in [-0.2, 0) is 11.3 Å². The van der Waals surface area contributed by atoms with Gasteiger partial charge in [0.05, 0.1) is 18.5 Å². The summed E-state index contributed by atoms with van der Waals surface area (Å²) in [5.41, 5.74) is 1.47. The van der Waals surface area contributed by atoms with Crippen molar-refractivity contribution in [3.63, 3.8) is 0 Å². The molecule has 0 radical (unpaired) electrons. The Bertz CT molecular complexity index is 915. The van der Waals surface area contributed by atoms with E-state index in [-0.39, 0.29) is 12.5 Å². The molecule has 0 bridgehead atoms. The molecule has 0 saturated heterocycles. The molecule has 0 spiro atoms. The highest BCUT2D eigenvalue weighted by molar-refractivity contribution is 7.10. The van der Waals surface area contributed by atoms with Gasteiger partial charge in [0.15, 0.2) is 0 Å². The fourth-order valence-corrected chi connectivity index (χ4v) is 3.30. The molecule has 0 unspecified atom stereocenters. The summed E-state index contributed by atoms with van der Waals surface area (Å²) >= 11 is 1.48. The molecule has 1 aromatic carbocycles. The van der Waals surface area contributed by atoms with E-state index in [9.17, 15) is 14.4 Å². The Morgan fingerprint density at radius 2 is 2.30 bits per heavy atom. The van der Waals surface area contributed by atoms with Crippen LogP contribution >= 0.6 is 11.3 Å². The van der Waals surface area contributed by atoms with Gasteiger partial charge in [-0.25, -0.2) is 4.79 Å². The normalized spacial score (nSPS) is 13.2. The summed E-state index contributed by atoms with van der Waals surface area (Å²) in [5.74, 6) is 6.41. The molecule has 7 nitrogen and oxygen atoms in total. The van der Waals surface area contributed by atoms with E-state index in [1.165, 1.54) is 11.3 Å². The standard InChI is InChI=1S/C19H17N3O4S/c1-26-15-6-4-13-10-22(18(24)17(13)9-15)11-14(21-19(25)20-12-23)5-7-16-3-2-8-27-16/h2-4,6,8-9,12,14H,10-11H2,1H3,(H2,20,21,23,25)/t14-/m1/s1. The molecule has 4 amide bonds. The maximum absolute atomic E-state index is 12.7. The highest BCUT2D eigenvalue weighted by Crippen LogP contribution is 2.26. The zero-order chi connectivity index (χ0) is 19.2. The summed E-state index contributed by atoms with van der Waals surface area (Å²) in [6, 6.07) is 7.81. The Balaban J connectivity index is 1.76. The zero-order valence-corrected chi connectivity index (χ0v) is 15.3. The summed E-state index contributed by atoms with van der Waals surface area (Å²) < 4.78 is 5.17. The topological polar surface area (TPSA) is 87.7 Å². The number of imide groups is 1. The molecule has 1 aliphatic rings. The van der Waals surface area contributed by atoms with Crippen molar-refractivity contribution in [3.8, 4) is 17.6 Å². The van der Waals surface area contributed by atoms with Crippen LogP contribution < -0.4 is 15.4 Å². The minimum atomic E-state index is -0.665. The van der Waals surface area contributed by atoms with Crippen LogP contribution in [-0.4, -0.2) is 42.9 Å². The predicted molar refractivity (Wildman–Crippen MR) is 100 cm³/mol. The number of ether oxygens (including phenoxy) is 1. The first kappa shape index (κ1) is 18.5. The third-order valence-corrected chi connectivity index (χ3v) is 4.77. The fraction of sp³-hybridized carbons (Fsp3) is 0.211. The van der Waals surface area contributed by atoms with Crippen molar-refractivity contribution in [2.45, 2.75) is 12.6 Å². The van der Waals surface area contributed by atoms with E-state index < -0.39 is 12.1 Å². The van der Waals surface area contributed by atoms with Gasteiger partial charge in [-0.15, -0.1) is 11.3 Å². The smallest absolute Gasteiger partial charge is 0.322 e. The number of rotatable bonds is 5. The first-order chi connectivity index (χ1) is 13.1. The minimum absolute atomic E-state index is 0.149. The number of methoxy groups -OCH3 is 1. The predicted octanol–water partition coefficient (Wildman–Crippen LogP) is 1.59. The third kappa shape index (κ3) is 4.46. The van der Waals surface area contributed by atoms with Gasteiger partial charge in [0.1, 0.15) is 11.8 Å². The molecular formula is C19H17N3O4S. The van der Waals surface area contributed by atoms with Gasteiger partial charge in [0.2, 0.25) is 6.41 Å². The van der Waals surface area contributed by atoms with Crippen molar-refractivity contribution in [1.29, 1.82) is 0 Å². The summed E-state index contributed by atoms with van der Waals surface area (Å²) in [5, 5.41) is 6.53. The van der Waals surface area contributed by atoms with Crippen LogP contribution in [0.4, 0.5) is 4.79 Å². The highest BCUT2D eigenvalue weighted by atomic mass is 32.1. The van der Waals surface area contributed by atoms with Crippen LogP contribution in [0.15, 0.2) is 35.7 Å². The van der Waals surface area contributed by atoms with E-state index >= 15 is 0 Å². The number of fused-ring (bicyclic) bond motifs is 1. The van der Waals surface area contributed by atoms with E-state index in [0.29, 0.717) is 24.3 Å². The van der Waals surface area contributed by atoms with Gasteiger partial charge in [-0.2, -0.15) is 0 Å². The molecule has 2 heterocycles. The lowest BCUT2D eigenvalue weighted by Crippen LogP contribution is -2.46. The second kappa shape index (κ2) is 8.38. The van der Waals surface area contributed by atoms with E-state index in [4.69, 9.17) is 4.74 Å². The molecule has 27 heavy (non-hydrogen) atoms. The van der Waals surface area contributed by atoms with Crippen molar-refractivity contribution < 1.29 is 19.1 Å². The molecule has 3 rings (SSSR count). The van der Waals surface area contributed by atoms with Crippen LogP contribution in [0.2, 0.25) is 0 Å². The SMILES string of the molecule is COc1ccc2c(c1)C(=O)N(C[C@@H](C#Cc1cccs1)NC(=O)NC=O)C2. The average Bonchev–Trinajstić information content (AvgIpc) is 3.28. The van der Waals surface area contributed by atoms with Crippen molar-refractivity contribution in [1.82, 2.24) is 15.5 Å². The molecule has 2 N–H and O–H groups in total. The molecular weight excluding hydrogens is 366 g/mol. The number of hydrogen-bond donors (Lipinski definition) is 2. The van der Waals surface area contributed by atoms with Crippen LogP contribution in [0.3, 0.4) is 0 Å². The van der Waals surface area contributed by atoms with E-state index in [2.05, 4.69) is 17.2 Å². The Morgan fingerprint density at radius 1 is 1.44 bits per heavy atom. The first-order valence-corrected chi connectivity index (χ1v) is 9.00. The third-order valence-electron chi connectivity index (χ3n) is 3.98. The second-order valence-electron chi connectivity index (χ2n) is 5.74. The molecule has 2 aromatic rings. The summed E-state index contributed by atoms with van der Waals surface area (Å²) in [7, 11) is 1.55. The van der Waals surface area contributed by atoms with Crippen molar-refractivity contribution in [2.24, 2.45) is 0 Å². The number of amides is 4. The molecule has 0 aliphatic carbocycles. The van der Waals surface area contributed by atoms with E-state index in [1.807, 2.05) is 28.9 Å². The monoisotopic (exact) mass is 383 g/mol. The average molecular weight is 383 g/mol. The van der Waals surface area contributed by atoms with Gasteiger partial charge in [0, 0.05) is 12.1 Å². The first-order valence-electron chi connectivity index (χ1n) is 8.12. The van der Waals surface area contributed by atoms with Crippen LogP contribution in [0.1, 0.15) is 20.8 Å². The number of urea groups is 1. The Kier molecular flexibility index (Phi) is 5.74. The molecule has 1 aromatic heterocycles. The number of thiophene rings is 1. The maximum Gasteiger partial charge on any atom is 0.322 e. The summed E-state index contributed by atoms with van der Waals surface area (Å²) in [6.07, 6.45) is 0.294. The van der Waals surface area contributed by atoms with Crippen molar-refractivity contribution in [2.75, 3.05) is 13.7 Å². The number of benzene rings is 1. The van der Waals surface area contributed by atoms with E-state index in [1.54, 1.807) is 24.1 Å². The minimum Gasteiger partial charge on any atom is -0.497 e. The van der Waals surface area contributed by atoms with Gasteiger partial charge in [-0.3, -0.25) is 14.9 Å². The number of nitrogens with one attached hydrogen (secondary N) is 2. The van der Waals surface area contributed by atoms with E-state index in [0.717, 1.165) is 10.4 Å². The fourth-order valence-electron chi connectivity index (χ4n) is 2.72. The molecule has 0 saturated carbocycles. The van der Waals surface area contributed by atoms with Gasteiger partial charge >= 0.3 is 6.03 Å². The summed E-state index contributed by atoms with van der Waals surface area (Å²) in [4.78, 5) is 37.3. The largest absolute Gasteiger partial charge is 0.497 e. The second-order valence-corrected chi connectivity index (χ2v) is 6.69. The molecule has 0 fully saturated rings. The summed E-state index contributed by atoms with van der Waals surface area (Å²) in [6.45, 7) is 0.618. The van der Waals surface area contributed by atoms with Gasteiger partial charge in [0.25, 0.3) is 5.91 Å². The lowest BCUT2D eigenvalue weighted by atomic mass is 10.1. The number of hydrogen-bond acceptors (Lipinski definition) is 5. The van der Waals surface area contributed by atoms with Crippen LogP contribution in [0.25, 0.3) is 0 Å². The van der Waals surface area contributed by atoms with Crippen LogP contribution in [0, 0.1) is 11.8 Å². The maximum atomic E-state index is 12.7. The lowest BCUT2D eigenvalue weighted by molar-refractivity contribution is -0.108. The number of carbonyl (C=O) groups is 3. The Hall–Kier alpha value is -3.31. The van der Waals surface area contributed by atoms with Gasteiger partial charge in [-0.05, 0) is 29.1 Å². The van der Waals surface area contributed by atoms with Crippen molar-refractivity contribution in [3.05, 3.63) is 51.7 Å². The molecule has 138 valence electrons. The van der Waals surface area contributed by atoms with Gasteiger partial charge < -0.3 is 15.0 Å². The molecule has 1 atom stereocenters. The lowest BCUT2D eigenvalue weighted by Gasteiger charge is -2.20. The van der Waals surface area contributed by atoms with Gasteiger partial charge in [-0.1, -0.05) is 24.0 Å². The highest BCUT2D eigenvalue weighted by Gasteiger charge is 2.29. The van der Waals surface area contributed by atoms with Crippen LogP contribution in [0.5, 0.6) is 5.75 Å².